The summed E-state index contributed by atoms with van der Waals surface area (Å²) < 4.78 is 0. The monoisotopic (exact) mass is 89.1 g/mol. The van der Waals surface area contributed by atoms with E-state index >= 15 is 0 Å². The Kier molecular flexibility index (Phi) is 4.85. The standard InChI is InChI=1S/C4H9O2/c5-3-1-2-4-6/h5H,1-4H2. The highest BCUT2D eigenvalue weighted by molar-refractivity contribution is 4.30. The first-order valence-electron chi connectivity index (χ1n) is 2.10. The lowest BCUT2D eigenvalue weighted by Crippen LogP contribution is -1.84. The normalized spacial score (nSPS) is 9.00. The molecule has 0 heterocycles. The number of aliphatic hydroxyl groups excluding tert-OH is 1. The van der Waals surface area contributed by atoms with Crippen LogP contribution < -0.4 is 0 Å². The van der Waals surface area contributed by atoms with Crippen molar-refractivity contribution in [2.24, 2.45) is 0 Å². The predicted octanol–water partition coefficient (Wildman–Crippen LogP) is 0.189. The second-order valence-electron chi connectivity index (χ2n) is 1.13. The molecule has 0 aliphatic carbocycles. The summed E-state index contributed by atoms with van der Waals surface area (Å²) in [7, 11) is 0. The lowest BCUT2D eigenvalue weighted by atomic mass is 10.3. The van der Waals surface area contributed by atoms with Crippen LogP contribution in [0.1, 0.15) is 12.8 Å². The third-order valence-electron chi connectivity index (χ3n) is 0.552. The van der Waals surface area contributed by atoms with E-state index in [0.717, 1.165) is 0 Å². The van der Waals surface area contributed by atoms with Gasteiger partial charge in [0, 0.05) is 6.61 Å². The lowest BCUT2D eigenvalue weighted by Gasteiger charge is -1.83. The fourth-order valence-electron chi connectivity index (χ4n) is 0.214. The van der Waals surface area contributed by atoms with E-state index in [0.29, 0.717) is 12.8 Å². The maximum atomic E-state index is 9.58. The van der Waals surface area contributed by atoms with Gasteiger partial charge in [0.25, 0.3) is 0 Å². The van der Waals surface area contributed by atoms with Gasteiger partial charge in [-0.15, -0.1) is 0 Å². The summed E-state index contributed by atoms with van der Waals surface area (Å²) in [6.07, 6.45) is 1.26. The van der Waals surface area contributed by atoms with Crippen LogP contribution in [0, 0.1) is 0 Å². The second kappa shape index (κ2) is 4.92. The molecule has 1 N–H and O–H groups in total. The van der Waals surface area contributed by atoms with Gasteiger partial charge in [-0.3, -0.25) is 0 Å². The van der Waals surface area contributed by atoms with Crippen molar-refractivity contribution >= 4 is 0 Å². The molecule has 0 aliphatic heterocycles. The molecule has 2 heteroatoms. The Morgan fingerprint density at radius 3 is 2.17 bits per heavy atom. The Bertz CT molecular complexity index is 17.5. The molecule has 0 aliphatic rings. The largest absolute Gasteiger partial charge is 0.396 e. The molecule has 0 saturated carbocycles. The van der Waals surface area contributed by atoms with E-state index < -0.39 is 0 Å². The first-order chi connectivity index (χ1) is 2.91. The van der Waals surface area contributed by atoms with E-state index in [9.17, 15) is 5.11 Å². The highest BCUT2D eigenvalue weighted by Crippen LogP contribution is 1.81. The molecule has 0 fully saturated rings. The molecular weight excluding hydrogens is 80.0 g/mol. The number of rotatable bonds is 3. The summed E-state index contributed by atoms with van der Waals surface area (Å²) in [5.74, 6) is 0. The smallest absolute Gasteiger partial charge is 0.0823 e. The van der Waals surface area contributed by atoms with Gasteiger partial charge in [-0.2, -0.15) is 0 Å². The minimum Gasteiger partial charge on any atom is -0.396 e. The maximum absolute atomic E-state index is 9.58. The summed E-state index contributed by atoms with van der Waals surface area (Å²) in [5, 5.41) is 17.6. The number of hydrogen-bond acceptors (Lipinski definition) is 1. The van der Waals surface area contributed by atoms with Gasteiger partial charge in [-0.1, -0.05) is 0 Å². The summed E-state index contributed by atoms with van der Waals surface area (Å²) in [5.41, 5.74) is 0. The average molecular weight is 89.1 g/mol. The second-order valence-corrected chi connectivity index (χ2v) is 1.13. The first kappa shape index (κ1) is 5.92. The third-order valence-corrected chi connectivity index (χ3v) is 0.552. The Hall–Kier alpha value is -0.0800. The van der Waals surface area contributed by atoms with Crippen LogP contribution in [-0.4, -0.2) is 18.3 Å². The summed E-state index contributed by atoms with van der Waals surface area (Å²) >= 11 is 0. The highest BCUT2D eigenvalue weighted by atomic mass is 16.3. The Morgan fingerprint density at radius 2 is 2.00 bits per heavy atom. The molecule has 0 saturated heterocycles. The lowest BCUT2D eigenvalue weighted by molar-refractivity contribution is 0.175. The van der Waals surface area contributed by atoms with Gasteiger partial charge in [0.1, 0.15) is 0 Å². The van der Waals surface area contributed by atoms with E-state index in [1.807, 2.05) is 0 Å². The zero-order valence-electron chi connectivity index (χ0n) is 3.68. The topological polar surface area (TPSA) is 40.1 Å². The van der Waals surface area contributed by atoms with Gasteiger partial charge in [0.05, 0.1) is 6.61 Å². The Morgan fingerprint density at radius 1 is 1.33 bits per heavy atom. The van der Waals surface area contributed by atoms with Crippen molar-refractivity contribution in [3.63, 3.8) is 0 Å². The predicted molar refractivity (Wildman–Crippen MR) is 21.9 cm³/mol. The Labute approximate surface area is 37.4 Å². The first-order valence-corrected chi connectivity index (χ1v) is 2.10. The minimum atomic E-state index is -0.0550. The average Bonchev–Trinajstić information content (AvgIpc) is 1.61. The van der Waals surface area contributed by atoms with E-state index in [1.165, 1.54) is 0 Å². The van der Waals surface area contributed by atoms with Gasteiger partial charge in [-0.25, -0.2) is 5.11 Å². The van der Waals surface area contributed by atoms with E-state index in [4.69, 9.17) is 5.11 Å². The molecule has 0 amide bonds. The third kappa shape index (κ3) is 3.92. The molecule has 1 radical (unpaired) electrons. The van der Waals surface area contributed by atoms with E-state index in [1.54, 1.807) is 0 Å². The van der Waals surface area contributed by atoms with Gasteiger partial charge < -0.3 is 5.11 Å². The van der Waals surface area contributed by atoms with Crippen molar-refractivity contribution in [3.05, 3.63) is 0 Å². The fraction of sp³-hybridized carbons (Fsp3) is 1.00. The maximum Gasteiger partial charge on any atom is 0.0823 e. The van der Waals surface area contributed by atoms with E-state index in [2.05, 4.69) is 0 Å². The number of unbranched alkanes of at least 4 members (excludes halogenated alkanes) is 1. The van der Waals surface area contributed by atoms with Crippen molar-refractivity contribution in [1.29, 1.82) is 0 Å². The van der Waals surface area contributed by atoms with Crippen LogP contribution in [0.25, 0.3) is 0 Å². The van der Waals surface area contributed by atoms with Crippen LogP contribution in [0.4, 0.5) is 0 Å². The zero-order chi connectivity index (χ0) is 4.83. The van der Waals surface area contributed by atoms with Crippen molar-refractivity contribution in [1.82, 2.24) is 0 Å². The quantitative estimate of drug-likeness (QED) is 0.492. The van der Waals surface area contributed by atoms with Gasteiger partial charge in [0.15, 0.2) is 0 Å². The molecular formula is C4H9O2. The SMILES string of the molecule is [O]CCCCO. The molecule has 6 heavy (non-hydrogen) atoms. The molecule has 0 aromatic carbocycles. The number of aliphatic hydroxyl groups is 1. The van der Waals surface area contributed by atoms with E-state index in [-0.39, 0.29) is 13.2 Å². The Balaban J connectivity index is 2.34. The van der Waals surface area contributed by atoms with Crippen molar-refractivity contribution < 1.29 is 10.2 Å². The van der Waals surface area contributed by atoms with Crippen molar-refractivity contribution in [2.75, 3.05) is 13.2 Å². The van der Waals surface area contributed by atoms with Crippen molar-refractivity contribution in [2.45, 2.75) is 12.8 Å². The van der Waals surface area contributed by atoms with Gasteiger partial charge in [-0.05, 0) is 12.8 Å². The minimum absolute atomic E-state index is 0.0550. The molecule has 2 nitrogen and oxygen atoms in total. The molecule has 0 aromatic heterocycles. The molecule has 0 spiro atoms. The van der Waals surface area contributed by atoms with Crippen LogP contribution in [-0.2, 0) is 5.11 Å². The molecule has 0 atom stereocenters. The van der Waals surface area contributed by atoms with Crippen LogP contribution in [0.2, 0.25) is 0 Å². The molecule has 0 aromatic rings. The van der Waals surface area contributed by atoms with Gasteiger partial charge in [0.2, 0.25) is 0 Å². The molecule has 0 bridgehead atoms. The number of hydrogen-bond donors (Lipinski definition) is 1. The summed E-state index contributed by atoms with van der Waals surface area (Å²) in [4.78, 5) is 0. The summed E-state index contributed by atoms with van der Waals surface area (Å²) in [6, 6.07) is 0. The van der Waals surface area contributed by atoms with Crippen molar-refractivity contribution in [3.8, 4) is 0 Å². The zero-order valence-corrected chi connectivity index (χ0v) is 3.68. The van der Waals surface area contributed by atoms with Crippen LogP contribution >= 0.6 is 0 Å². The van der Waals surface area contributed by atoms with Crippen LogP contribution in [0.15, 0.2) is 0 Å². The molecule has 37 valence electrons. The molecule has 0 rings (SSSR count). The molecule has 0 unspecified atom stereocenters. The van der Waals surface area contributed by atoms with Crippen LogP contribution in [0.5, 0.6) is 0 Å². The fourth-order valence-corrected chi connectivity index (χ4v) is 0.214. The van der Waals surface area contributed by atoms with Gasteiger partial charge >= 0.3 is 0 Å². The summed E-state index contributed by atoms with van der Waals surface area (Å²) in [6.45, 7) is 0.100. The van der Waals surface area contributed by atoms with Crippen LogP contribution in [0.3, 0.4) is 0 Å². The highest BCUT2D eigenvalue weighted by Gasteiger charge is 1.78.